The molecule has 0 fully saturated rings. The van der Waals surface area contributed by atoms with Crippen molar-refractivity contribution < 1.29 is 9.53 Å². The van der Waals surface area contributed by atoms with E-state index in [4.69, 9.17) is 22.2 Å². The molecule has 88 valence electrons. The summed E-state index contributed by atoms with van der Waals surface area (Å²) in [5.74, 6) is 5.52. The minimum Gasteiger partial charge on any atom is -0.491 e. The van der Waals surface area contributed by atoms with Crippen LogP contribution >= 0.6 is 11.6 Å². The number of amides is 1. The van der Waals surface area contributed by atoms with Gasteiger partial charge in [-0.2, -0.15) is 0 Å². The fourth-order valence-corrected chi connectivity index (χ4v) is 1.34. The molecule has 3 N–H and O–H groups in total. The van der Waals surface area contributed by atoms with E-state index < -0.39 is 0 Å². The number of hydrazine groups is 1. The Kier molecular flexibility index (Phi) is 5.08. The summed E-state index contributed by atoms with van der Waals surface area (Å²) in [6.45, 7) is 1.90. The number of halogens is 1. The van der Waals surface area contributed by atoms with Crippen molar-refractivity contribution in [3.8, 4) is 5.75 Å². The second-order valence-electron chi connectivity index (χ2n) is 3.49. The summed E-state index contributed by atoms with van der Waals surface area (Å²) in [4.78, 5) is 10.9. The number of carbonyl (C=O) groups is 1. The summed E-state index contributed by atoms with van der Waals surface area (Å²) in [6.07, 6.45) is 0.926. The highest BCUT2D eigenvalue weighted by atomic mass is 35.5. The van der Waals surface area contributed by atoms with Crippen molar-refractivity contribution in [2.24, 2.45) is 5.84 Å². The molecule has 1 atom stereocenters. The van der Waals surface area contributed by atoms with Crippen molar-refractivity contribution >= 4 is 17.5 Å². The molecule has 0 saturated heterocycles. The number of hydrogen-bond donors (Lipinski definition) is 2. The summed E-state index contributed by atoms with van der Waals surface area (Å²) >= 11 is 5.75. The molecule has 1 unspecified atom stereocenters. The lowest BCUT2D eigenvalue weighted by atomic mass is 10.2. The Bertz CT molecular complexity index is 340. The molecule has 4 nitrogen and oxygen atoms in total. The predicted molar refractivity (Wildman–Crippen MR) is 63.1 cm³/mol. The molecule has 0 aliphatic rings. The van der Waals surface area contributed by atoms with Gasteiger partial charge in [0, 0.05) is 11.4 Å². The maximum absolute atomic E-state index is 10.9. The van der Waals surface area contributed by atoms with E-state index in [1.54, 1.807) is 24.3 Å². The van der Waals surface area contributed by atoms with E-state index >= 15 is 0 Å². The fourth-order valence-electron chi connectivity index (χ4n) is 1.21. The molecule has 0 saturated carbocycles. The van der Waals surface area contributed by atoms with Crippen LogP contribution in [0.25, 0.3) is 0 Å². The summed E-state index contributed by atoms with van der Waals surface area (Å²) in [5.41, 5.74) is 2.08. The SMILES string of the molecule is CC(CCC(=O)NN)Oc1ccc(Cl)cc1. The van der Waals surface area contributed by atoms with Crippen LogP contribution in [0.3, 0.4) is 0 Å². The van der Waals surface area contributed by atoms with Crippen molar-refractivity contribution in [3.05, 3.63) is 29.3 Å². The Morgan fingerprint density at radius 3 is 2.69 bits per heavy atom. The van der Waals surface area contributed by atoms with E-state index in [0.717, 1.165) is 5.75 Å². The highest BCUT2D eigenvalue weighted by molar-refractivity contribution is 6.30. The van der Waals surface area contributed by atoms with Gasteiger partial charge in [0.05, 0.1) is 6.10 Å². The van der Waals surface area contributed by atoms with Crippen LogP contribution in [-0.2, 0) is 4.79 Å². The van der Waals surface area contributed by atoms with Crippen LogP contribution in [0, 0.1) is 0 Å². The van der Waals surface area contributed by atoms with Crippen molar-refractivity contribution in [2.75, 3.05) is 0 Å². The molecule has 5 heteroatoms. The molecule has 1 aromatic rings. The molecule has 16 heavy (non-hydrogen) atoms. The number of benzene rings is 1. The van der Waals surface area contributed by atoms with Crippen LogP contribution in [0.4, 0.5) is 0 Å². The van der Waals surface area contributed by atoms with Gasteiger partial charge in [-0.05, 0) is 37.6 Å². The maximum atomic E-state index is 10.9. The first-order chi connectivity index (χ1) is 7.61. The average Bonchev–Trinajstić information content (AvgIpc) is 2.29. The zero-order valence-electron chi connectivity index (χ0n) is 9.07. The molecule has 0 aliphatic heterocycles. The molecule has 0 spiro atoms. The second-order valence-corrected chi connectivity index (χ2v) is 3.93. The van der Waals surface area contributed by atoms with Gasteiger partial charge in [-0.25, -0.2) is 5.84 Å². The van der Waals surface area contributed by atoms with Gasteiger partial charge in [0.1, 0.15) is 5.75 Å². The Morgan fingerprint density at radius 2 is 2.12 bits per heavy atom. The van der Waals surface area contributed by atoms with Crippen LogP contribution in [0.1, 0.15) is 19.8 Å². The van der Waals surface area contributed by atoms with Gasteiger partial charge in [0.2, 0.25) is 5.91 Å². The van der Waals surface area contributed by atoms with Crippen molar-refractivity contribution in [1.29, 1.82) is 0 Å². The molecule has 0 aromatic heterocycles. The highest BCUT2D eigenvalue weighted by Gasteiger charge is 2.07. The third kappa shape index (κ3) is 4.51. The lowest BCUT2D eigenvalue weighted by Gasteiger charge is -2.14. The first kappa shape index (κ1) is 12.8. The van der Waals surface area contributed by atoms with Gasteiger partial charge in [0.15, 0.2) is 0 Å². The number of nitrogens with one attached hydrogen (secondary N) is 1. The first-order valence-electron chi connectivity index (χ1n) is 5.03. The third-order valence-electron chi connectivity index (χ3n) is 2.09. The molecular formula is C11H15ClN2O2. The molecule has 1 amide bonds. The van der Waals surface area contributed by atoms with E-state index in [1.807, 2.05) is 6.92 Å². The molecular weight excluding hydrogens is 228 g/mol. The number of carbonyl (C=O) groups excluding carboxylic acids is 1. The van der Waals surface area contributed by atoms with E-state index in [-0.39, 0.29) is 12.0 Å². The third-order valence-corrected chi connectivity index (χ3v) is 2.34. The van der Waals surface area contributed by atoms with Crippen molar-refractivity contribution in [1.82, 2.24) is 5.43 Å². The summed E-state index contributed by atoms with van der Waals surface area (Å²) in [6, 6.07) is 7.11. The lowest BCUT2D eigenvalue weighted by Crippen LogP contribution is -2.30. The zero-order chi connectivity index (χ0) is 12.0. The topological polar surface area (TPSA) is 64.4 Å². The Hall–Kier alpha value is -1.26. The minimum atomic E-state index is -0.188. The quantitative estimate of drug-likeness (QED) is 0.471. The van der Waals surface area contributed by atoms with E-state index in [2.05, 4.69) is 5.43 Å². The molecule has 0 heterocycles. The zero-order valence-corrected chi connectivity index (χ0v) is 9.83. The van der Waals surface area contributed by atoms with Crippen LogP contribution in [0.5, 0.6) is 5.75 Å². The monoisotopic (exact) mass is 242 g/mol. The molecule has 0 radical (unpaired) electrons. The van der Waals surface area contributed by atoms with Crippen LogP contribution < -0.4 is 16.0 Å². The van der Waals surface area contributed by atoms with E-state index in [1.165, 1.54) is 0 Å². The maximum Gasteiger partial charge on any atom is 0.234 e. The second kappa shape index (κ2) is 6.35. The largest absolute Gasteiger partial charge is 0.491 e. The summed E-state index contributed by atoms with van der Waals surface area (Å²) in [7, 11) is 0. The predicted octanol–water partition coefficient (Wildman–Crippen LogP) is 1.88. The van der Waals surface area contributed by atoms with Gasteiger partial charge < -0.3 is 4.74 Å². The number of hydrogen-bond acceptors (Lipinski definition) is 3. The number of ether oxygens (including phenoxy) is 1. The molecule has 0 aliphatic carbocycles. The average molecular weight is 243 g/mol. The fraction of sp³-hybridized carbons (Fsp3) is 0.364. The minimum absolute atomic E-state index is 0.0431. The van der Waals surface area contributed by atoms with Crippen LogP contribution in [-0.4, -0.2) is 12.0 Å². The van der Waals surface area contributed by atoms with Crippen molar-refractivity contribution in [3.63, 3.8) is 0 Å². The Balaban J connectivity index is 2.36. The molecule has 0 bridgehead atoms. The Morgan fingerprint density at radius 1 is 1.50 bits per heavy atom. The van der Waals surface area contributed by atoms with Crippen molar-refractivity contribution in [2.45, 2.75) is 25.9 Å². The summed E-state index contributed by atoms with van der Waals surface area (Å²) in [5, 5.41) is 0.669. The van der Waals surface area contributed by atoms with Gasteiger partial charge >= 0.3 is 0 Å². The Labute approximate surface area is 99.7 Å². The van der Waals surface area contributed by atoms with Gasteiger partial charge in [-0.15, -0.1) is 0 Å². The smallest absolute Gasteiger partial charge is 0.234 e. The van der Waals surface area contributed by atoms with Gasteiger partial charge in [-0.1, -0.05) is 11.6 Å². The van der Waals surface area contributed by atoms with Gasteiger partial charge in [0.25, 0.3) is 0 Å². The molecule has 1 aromatic carbocycles. The normalized spacial score (nSPS) is 11.9. The van der Waals surface area contributed by atoms with Crippen LogP contribution in [0.15, 0.2) is 24.3 Å². The van der Waals surface area contributed by atoms with E-state index in [9.17, 15) is 4.79 Å². The number of nitrogens with two attached hydrogens (primary N) is 1. The number of rotatable bonds is 5. The lowest BCUT2D eigenvalue weighted by molar-refractivity contribution is -0.121. The molecule has 1 rings (SSSR count). The van der Waals surface area contributed by atoms with Crippen LogP contribution in [0.2, 0.25) is 5.02 Å². The van der Waals surface area contributed by atoms with Gasteiger partial charge in [-0.3, -0.25) is 10.2 Å². The standard InChI is InChI=1S/C11H15ClN2O2/c1-8(2-7-11(15)14-13)16-10-5-3-9(12)4-6-10/h3-6,8H,2,7,13H2,1H3,(H,14,15). The summed E-state index contributed by atoms with van der Waals surface area (Å²) < 4.78 is 5.58. The first-order valence-corrected chi connectivity index (χ1v) is 5.41. The van der Waals surface area contributed by atoms with E-state index in [0.29, 0.717) is 17.9 Å². The highest BCUT2D eigenvalue weighted by Crippen LogP contribution is 2.17.